The highest BCUT2D eigenvalue weighted by Crippen LogP contribution is 2.28. The maximum absolute atomic E-state index is 12.0. The van der Waals surface area contributed by atoms with E-state index in [4.69, 9.17) is 10.5 Å². The quantitative estimate of drug-likeness (QED) is 0.728. The van der Waals surface area contributed by atoms with Gasteiger partial charge in [-0.2, -0.15) is 0 Å². The van der Waals surface area contributed by atoms with Gasteiger partial charge in [0, 0.05) is 11.3 Å². The Kier molecular flexibility index (Phi) is 6.17. The zero-order chi connectivity index (χ0) is 16.7. The zero-order valence-corrected chi connectivity index (χ0v) is 13.8. The van der Waals surface area contributed by atoms with Crippen LogP contribution in [0, 0.1) is 0 Å². The summed E-state index contributed by atoms with van der Waals surface area (Å²) >= 11 is 1.39. The van der Waals surface area contributed by atoms with Gasteiger partial charge in [0.05, 0.1) is 12.2 Å². The number of aryl methyl sites for hydroxylation is 1. The second-order valence-electron chi connectivity index (χ2n) is 4.99. The van der Waals surface area contributed by atoms with Gasteiger partial charge in [-0.3, -0.25) is 9.59 Å². The average molecular weight is 332 g/mol. The number of nitrogens with two attached hydrogens (primary N) is 1. The van der Waals surface area contributed by atoms with Gasteiger partial charge in [-0.15, -0.1) is 11.3 Å². The molecule has 0 radical (unpaired) electrons. The molecule has 3 N–H and O–H groups in total. The number of benzene rings is 1. The van der Waals surface area contributed by atoms with Crippen molar-refractivity contribution in [3.63, 3.8) is 0 Å². The van der Waals surface area contributed by atoms with E-state index in [9.17, 15) is 9.59 Å². The summed E-state index contributed by atoms with van der Waals surface area (Å²) in [6.45, 7) is 2.45. The van der Waals surface area contributed by atoms with Gasteiger partial charge in [-0.25, -0.2) is 0 Å². The molecule has 0 bridgehead atoms. The summed E-state index contributed by atoms with van der Waals surface area (Å²) in [4.78, 5) is 24.4. The minimum Gasteiger partial charge on any atom is -0.494 e. The molecule has 0 fully saturated rings. The van der Waals surface area contributed by atoms with Gasteiger partial charge < -0.3 is 15.8 Å². The van der Waals surface area contributed by atoms with E-state index < -0.39 is 5.91 Å². The van der Waals surface area contributed by atoms with E-state index in [1.54, 1.807) is 6.07 Å². The van der Waals surface area contributed by atoms with Crippen LogP contribution in [0.25, 0.3) is 0 Å². The first-order valence-electron chi connectivity index (χ1n) is 7.50. The molecule has 0 saturated heterocycles. The summed E-state index contributed by atoms with van der Waals surface area (Å²) < 4.78 is 5.54. The number of amides is 2. The van der Waals surface area contributed by atoms with Gasteiger partial charge >= 0.3 is 0 Å². The van der Waals surface area contributed by atoms with Gasteiger partial charge in [0.25, 0.3) is 5.91 Å². The molecule has 0 aliphatic carbocycles. The molecule has 0 saturated carbocycles. The topological polar surface area (TPSA) is 81.4 Å². The summed E-state index contributed by atoms with van der Waals surface area (Å²) in [6, 6.07) is 11.2. The lowest BCUT2D eigenvalue weighted by molar-refractivity contribution is -0.116. The van der Waals surface area contributed by atoms with Crippen molar-refractivity contribution in [3.8, 4) is 5.75 Å². The van der Waals surface area contributed by atoms with E-state index >= 15 is 0 Å². The summed E-state index contributed by atoms with van der Waals surface area (Å²) in [7, 11) is 0. The molecular formula is C17H20N2O3S. The summed E-state index contributed by atoms with van der Waals surface area (Å²) in [5.41, 5.74) is 5.72. The molecule has 1 aromatic carbocycles. The van der Waals surface area contributed by atoms with Crippen LogP contribution < -0.4 is 15.8 Å². The van der Waals surface area contributed by atoms with Crippen LogP contribution in [-0.4, -0.2) is 18.4 Å². The largest absolute Gasteiger partial charge is 0.494 e. The highest BCUT2D eigenvalue weighted by Gasteiger charge is 2.15. The molecule has 6 heteroatoms. The van der Waals surface area contributed by atoms with Crippen molar-refractivity contribution in [3.05, 3.63) is 46.8 Å². The first-order valence-corrected chi connectivity index (χ1v) is 8.32. The highest BCUT2D eigenvalue weighted by atomic mass is 32.1. The number of para-hydroxylation sites is 1. The summed E-state index contributed by atoms with van der Waals surface area (Å²) in [5, 5.41) is 3.30. The van der Waals surface area contributed by atoms with Gasteiger partial charge in [0.1, 0.15) is 10.8 Å². The molecule has 2 rings (SSSR count). The number of hydrogen-bond acceptors (Lipinski definition) is 4. The lowest BCUT2D eigenvalue weighted by atomic mass is 10.2. The van der Waals surface area contributed by atoms with E-state index in [1.165, 1.54) is 11.3 Å². The Balaban J connectivity index is 1.81. The number of rotatable bonds is 8. The standard InChI is InChI=1S/C17H20N2O3S/c1-2-13-11-14(16(18)21)17(23-13)19-15(20)9-6-10-22-12-7-4-3-5-8-12/h3-5,7-8,11H,2,6,9-10H2,1H3,(H2,18,21)(H,19,20). The van der Waals surface area contributed by atoms with Gasteiger partial charge in [-0.1, -0.05) is 25.1 Å². The van der Waals surface area contributed by atoms with E-state index in [-0.39, 0.29) is 5.91 Å². The van der Waals surface area contributed by atoms with Crippen LogP contribution in [0.3, 0.4) is 0 Å². The minimum absolute atomic E-state index is 0.145. The fourth-order valence-corrected chi connectivity index (χ4v) is 3.04. The van der Waals surface area contributed by atoms with Crippen LogP contribution in [-0.2, 0) is 11.2 Å². The molecule has 0 aliphatic heterocycles. The number of anilines is 1. The molecule has 2 amide bonds. The van der Waals surface area contributed by atoms with E-state index in [1.807, 2.05) is 37.3 Å². The number of carbonyl (C=O) groups excluding carboxylic acids is 2. The van der Waals surface area contributed by atoms with Crippen molar-refractivity contribution in [2.75, 3.05) is 11.9 Å². The van der Waals surface area contributed by atoms with Crippen molar-refractivity contribution in [1.29, 1.82) is 0 Å². The van der Waals surface area contributed by atoms with E-state index in [0.29, 0.717) is 30.0 Å². The van der Waals surface area contributed by atoms with Crippen molar-refractivity contribution < 1.29 is 14.3 Å². The smallest absolute Gasteiger partial charge is 0.251 e. The third-order valence-electron chi connectivity index (χ3n) is 3.21. The predicted octanol–water partition coefficient (Wildman–Crippen LogP) is 3.21. The van der Waals surface area contributed by atoms with Crippen molar-refractivity contribution in [2.45, 2.75) is 26.2 Å². The van der Waals surface area contributed by atoms with Crippen molar-refractivity contribution >= 4 is 28.2 Å². The molecular weight excluding hydrogens is 312 g/mol. The number of carbonyl (C=O) groups is 2. The lowest BCUT2D eigenvalue weighted by Gasteiger charge is -2.06. The van der Waals surface area contributed by atoms with Crippen LogP contribution in [0.2, 0.25) is 0 Å². The van der Waals surface area contributed by atoms with Crippen LogP contribution in [0.5, 0.6) is 5.75 Å². The molecule has 2 aromatic rings. The molecule has 0 atom stereocenters. The Morgan fingerprint density at radius 1 is 1.26 bits per heavy atom. The fourth-order valence-electron chi connectivity index (χ4n) is 2.02. The lowest BCUT2D eigenvalue weighted by Crippen LogP contribution is -2.16. The molecule has 1 aromatic heterocycles. The monoisotopic (exact) mass is 332 g/mol. The maximum atomic E-state index is 12.0. The Bertz CT molecular complexity index is 668. The zero-order valence-electron chi connectivity index (χ0n) is 13.0. The molecule has 0 unspecified atom stereocenters. The highest BCUT2D eigenvalue weighted by molar-refractivity contribution is 7.16. The SMILES string of the molecule is CCc1cc(C(N)=O)c(NC(=O)CCCOc2ccccc2)s1. The maximum Gasteiger partial charge on any atom is 0.251 e. The number of hydrogen-bond donors (Lipinski definition) is 2. The van der Waals surface area contributed by atoms with Crippen molar-refractivity contribution in [2.24, 2.45) is 5.73 Å². The Morgan fingerprint density at radius 2 is 2.00 bits per heavy atom. The number of thiophene rings is 1. The molecule has 122 valence electrons. The van der Waals surface area contributed by atoms with E-state index in [0.717, 1.165) is 17.0 Å². The van der Waals surface area contributed by atoms with Crippen molar-refractivity contribution in [1.82, 2.24) is 0 Å². The minimum atomic E-state index is -0.524. The second kappa shape index (κ2) is 8.33. The third kappa shape index (κ3) is 5.10. The summed E-state index contributed by atoms with van der Waals surface area (Å²) in [6.07, 6.45) is 1.72. The van der Waals surface area contributed by atoms with Crippen LogP contribution in [0.1, 0.15) is 35.0 Å². The average Bonchev–Trinajstić information content (AvgIpc) is 2.96. The number of nitrogens with one attached hydrogen (secondary N) is 1. The van der Waals surface area contributed by atoms with Crippen LogP contribution >= 0.6 is 11.3 Å². The molecule has 5 nitrogen and oxygen atoms in total. The molecule has 0 spiro atoms. The molecule has 23 heavy (non-hydrogen) atoms. The normalized spacial score (nSPS) is 10.3. The molecule has 0 aliphatic rings. The van der Waals surface area contributed by atoms with Crippen LogP contribution in [0.4, 0.5) is 5.00 Å². The number of primary amides is 1. The van der Waals surface area contributed by atoms with Gasteiger partial charge in [0.15, 0.2) is 0 Å². The fraction of sp³-hybridized carbons (Fsp3) is 0.294. The van der Waals surface area contributed by atoms with Crippen LogP contribution in [0.15, 0.2) is 36.4 Å². The predicted molar refractivity (Wildman–Crippen MR) is 92.0 cm³/mol. The second-order valence-corrected chi connectivity index (χ2v) is 6.12. The first kappa shape index (κ1) is 17.0. The Labute approximate surface area is 139 Å². The summed E-state index contributed by atoms with van der Waals surface area (Å²) in [5.74, 6) is 0.118. The third-order valence-corrected chi connectivity index (χ3v) is 4.40. The van der Waals surface area contributed by atoms with Gasteiger partial charge in [0.2, 0.25) is 5.91 Å². The molecule has 1 heterocycles. The Morgan fingerprint density at radius 3 is 2.65 bits per heavy atom. The van der Waals surface area contributed by atoms with Gasteiger partial charge in [-0.05, 0) is 31.0 Å². The Hall–Kier alpha value is -2.34. The number of ether oxygens (including phenoxy) is 1. The first-order chi connectivity index (χ1) is 11.1. The van der Waals surface area contributed by atoms with E-state index in [2.05, 4.69) is 5.32 Å².